The average Bonchev–Trinajstić information content (AvgIpc) is 3.04. The lowest BCUT2D eigenvalue weighted by Gasteiger charge is -2.13. The van der Waals surface area contributed by atoms with Crippen molar-refractivity contribution in [2.24, 2.45) is 0 Å². The van der Waals surface area contributed by atoms with Crippen LogP contribution in [0.25, 0.3) is 0 Å². The van der Waals surface area contributed by atoms with Gasteiger partial charge in [0.2, 0.25) is 0 Å². The van der Waals surface area contributed by atoms with Crippen molar-refractivity contribution in [3.8, 4) is 11.5 Å². The lowest BCUT2D eigenvalue weighted by molar-refractivity contribution is 0.254. The zero-order chi connectivity index (χ0) is 15.5. The maximum Gasteiger partial charge on any atom is 0.169 e. The predicted octanol–water partition coefficient (Wildman–Crippen LogP) is 4.05. The first-order valence-corrected chi connectivity index (χ1v) is 8.35. The molecular weight excluding hydrogens is 346 g/mol. The molecule has 3 rings (SSSR count). The summed E-state index contributed by atoms with van der Waals surface area (Å²) in [4.78, 5) is 0. The Bertz CT molecular complexity index is 653. The minimum Gasteiger partial charge on any atom is -0.494 e. The fraction of sp³-hybridized carbons (Fsp3) is 0.412. The lowest BCUT2D eigenvalue weighted by Crippen LogP contribution is -2.13. The van der Waals surface area contributed by atoms with Crippen LogP contribution in [-0.4, -0.2) is 12.7 Å². The summed E-state index contributed by atoms with van der Waals surface area (Å²) < 4.78 is 17.9. The maximum absolute atomic E-state index is 5.84. The summed E-state index contributed by atoms with van der Waals surface area (Å²) in [6.07, 6.45) is 1.19. The first kappa shape index (κ1) is 15.4. The number of nitrogens with one attached hydrogen (secondary N) is 1. The molecule has 0 aliphatic carbocycles. The van der Waals surface area contributed by atoms with Gasteiger partial charge in [0.05, 0.1) is 13.2 Å². The number of fused-ring (bicyclic) bond motifs is 1. The Morgan fingerprint density at radius 2 is 2.18 bits per heavy atom. The van der Waals surface area contributed by atoms with Crippen molar-refractivity contribution in [1.29, 1.82) is 0 Å². The van der Waals surface area contributed by atoms with E-state index in [1.807, 2.05) is 19.1 Å². The molecule has 0 saturated heterocycles. The van der Waals surface area contributed by atoms with E-state index >= 15 is 0 Å². The van der Waals surface area contributed by atoms with Crippen LogP contribution in [0.4, 0.5) is 0 Å². The Hall–Kier alpha value is -1.46. The Kier molecular flexibility index (Phi) is 4.74. The molecule has 2 heterocycles. The largest absolute Gasteiger partial charge is 0.494 e. The summed E-state index contributed by atoms with van der Waals surface area (Å²) in [7, 11) is 0. The van der Waals surface area contributed by atoms with Crippen LogP contribution >= 0.6 is 15.9 Å². The standard InChI is InChI=1S/C17H20BrNO3/c1-3-20-15-7-12-6-11(2)21-16(12)8-13(15)9-19-10-14-4-5-17(18)22-14/h4-5,7-8,11,19H,3,6,9-10H2,1-2H3. The molecule has 0 saturated carbocycles. The highest BCUT2D eigenvalue weighted by atomic mass is 79.9. The molecule has 1 aromatic heterocycles. The molecule has 0 bridgehead atoms. The minimum atomic E-state index is 0.244. The van der Waals surface area contributed by atoms with Gasteiger partial charge in [0.1, 0.15) is 23.4 Å². The van der Waals surface area contributed by atoms with Crippen molar-refractivity contribution in [2.45, 2.75) is 39.5 Å². The second kappa shape index (κ2) is 6.75. The van der Waals surface area contributed by atoms with Gasteiger partial charge in [-0.25, -0.2) is 0 Å². The highest BCUT2D eigenvalue weighted by Crippen LogP contribution is 2.35. The number of rotatable bonds is 6. The van der Waals surface area contributed by atoms with Crippen molar-refractivity contribution in [1.82, 2.24) is 5.32 Å². The number of hydrogen-bond acceptors (Lipinski definition) is 4. The molecule has 4 nitrogen and oxygen atoms in total. The summed E-state index contributed by atoms with van der Waals surface area (Å²) in [6, 6.07) is 8.05. The van der Waals surface area contributed by atoms with Gasteiger partial charge in [-0.2, -0.15) is 0 Å². The zero-order valence-corrected chi connectivity index (χ0v) is 14.4. The van der Waals surface area contributed by atoms with Crippen LogP contribution in [0.3, 0.4) is 0 Å². The van der Waals surface area contributed by atoms with Crippen molar-refractivity contribution in [2.75, 3.05) is 6.61 Å². The molecule has 0 amide bonds. The van der Waals surface area contributed by atoms with E-state index < -0.39 is 0 Å². The molecule has 118 valence electrons. The van der Waals surface area contributed by atoms with E-state index in [9.17, 15) is 0 Å². The Labute approximate surface area is 138 Å². The van der Waals surface area contributed by atoms with Gasteiger partial charge < -0.3 is 19.2 Å². The van der Waals surface area contributed by atoms with Crippen LogP contribution in [0.2, 0.25) is 0 Å². The quantitative estimate of drug-likeness (QED) is 0.838. The third kappa shape index (κ3) is 3.47. The number of hydrogen-bond donors (Lipinski definition) is 1. The summed E-state index contributed by atoms with van der Waals surface area (Å²) in [5.74, 6) is 2.82. The van der Waals surface area contributed by atoms with Gasteiger partial charge in [-0.05, 0) is 54.0 Å². The summed E-state index contributed by atoms with van der Waals surface area (Å²) in [5, 5.41) is 3.38. The number of ether oxygens (including phenoxy) is 2. The van der Waals surface area contributed by atoms with E-state index in [1.54, 1.807) is 0 Å². The average molecular weight is 366 g/mol. The summed E-state index contributed by atoms with van der Waals surface area (Å²) in [6.45, 7) is 6.13. The van der Waals surface area contributed by atoms with Crippen LogP contribution in [-0.2, 0) is 19.5 Å². The van der Waals surface area contributed by atoms with Gasteiger partial charge in [0.25, 0.3) is 0 Å². The molecular formula is C17H20BrNO3. The van der Waals surface area contributed by atoms with Gasteiger partial charge >= 0.3 is 0 Å². The number of halogens is 1. The van der Waals surface area contributed by atoms with Gasteiger partial charge in [-0.15, -0.1) is 0 Å². The molecule has 1 atom stereocenters. The second-order valence-electron chi connectivity index (χ2n) is 5.44. The van der Waals surface area contributed by atoms with Gasteiger partial charge in [0, 0.05) is 24.1 Å². The minimum absolute atomic E-state index is 0.244. The predicted molar refractivity (Wildman–Crippen MR) is 88.4 cm³/mol. The zero-order valence-electron chi connectivity index (χ0n) is 12.8. The fourth-order valence-electron chi connectivity index (χ4n) is 2.68. The molecule has 1 N–H and O–H groups in total. The van der Waals surface area contributed by atoms with Crippen molar-refractivity contribution in [3.63, 3.8) is 0 Å². The Morgan fingerprint density at radius 3 is 2.91 bits per heavy atom. The molecule has 1 aliphatic rings. The van der Waals surface area contributed by atoms with E-state index in [0.717, 1.165) is 33.9 Å². The monoisotopic (exact) mass is 365 g/mol. The van der Waals surface area contributed by atoms with Crippen molar-refractivity contribution >= 4 is 15.9 Å². The van der Waals surface area contributed by atoms with Crippen LogP contribution in [0.1, 0.15) is 30.7 Å². The normalized spacial score (nSPS) is 16.4. The molecule has 1 aliphatic heterocycles. The first-order valence-electron chi connectivity index (χ1n) is 7.56. The van der Waals surface area contributed by atoms with E-state index in [1.165, 1.54) is 5.56 Å². The van der Waals surface area contributed by atoms with E-state index in [-0.39, 0.29) is 6.10 Å². The molecule has 0 spiro atoms. The molecule has 0 radical (unpaired) electrons. The first-order chi connectivity index (χ1) is 10.7. The fourth-order valence-corrected chi connectivity index (χ4v) is 3.02. The van der Waals surface area contributed by atoms with E-state index in [4.69, 9.17) is 13.9 Å². The number of furan rings is 1. The van der Waals surface area contributed by atoms with Crippen LogP contribution in [0.15, 0.2) is 33.4 Å². The Morgan fingerprint density at radius 1 is 1.32 bits per heavy atom. The van der Waals surface area contributed by atoms with Crippen LogP contribution in [0, 0.1) is 0 Å². The van der Waals surface area contributed by atoms with Gasteiger partial charge in [-0.1, -0.05) is 0 Å². The third-order valence-corrected chi connectivity index (χ3v) is 4.05. The van der Waals surface area contributed by atoms with Crippen molar-refractivity contribution in [3.05, 3.63) is 45.8 Å². The molecule has 1 unspecified atom stereocenters. The molecule has 2 aromatic rings. The van der Waals surface area contributed by atoms with Gasteiger partial charge in [-0.3, -0.25) is 0 Å². The van der Waals surface area contributed by atoms with Crippen molar-refractivity contribution < 1.29 is 13.9 Å². The lowest BCUT2D eigenvalue weighted by atomic mass is 10.1. The Balaban J connectivity index is 1.70. The van der Waals surface area contributed by atoms with E-state index in [2.05, 4.69) is 40.3 Å². The third-order valence-electron chi connectivity index (χ3n) is 3.62. The highest BCUT2D eigenvalue weighted by Gasteiger charge is 2.21. The molecule has 22 heavy (non-hydrogen) atoms. The topological polar surface area (TPSA) is 43.6 Å². The summed E-state index contributed by atoms with van der Waals surface area (Å²) >= 11 is 3.31. The molecule has 1 aromatic carbocycles. The molecule has 5 heteroatoms. The second-order valence-corrected chi connectivity index (χ2v) is 6.22. The SMILES string of the molecule is CCOc1cc2c(cc1CNCc1ccc(Br)o1)OC(C)C2. The van der Waals surface area contributed by atoms with Crippen LogP contribution < -0.4 is 14.8 Å². The highest BCUT2D eigenvalue weighted by molar-refractivity contribution is 9.10. The van der Waals surface area contributed by atoms with Crippen LogP contribution in [0.5, 0.6) is 11.5 Å². The smallest absolute Gasteiger partial charge is 0.169 e. The number of benzene rings is 1. The maximum atomic E-state index is 5.84. The molecule has 0 fully saturated rings. The summed E-state index contributed by atoms with van der Waals surface area (Å²) in [5.41, 5.74) is 2.34. The van der Waals surface area contributed by atoms with E-state index in [0.29, 0.717) is 19.7 Å². The van der Waals surface area contributed by atoms with Gasteiger partial charge in [0.15, 0.2) is 4.67 Å².